The molecule has 0 aliphatic heterocycles. The molecule has 0 saturated heterocycles. The molecular formula is C40H44OSi2. The molecule has 0 unspecified atom stereocenters. The van der Waals surface area contributed by atoms with Gasteiger partial charge < -0.3 is 4.80 Å². The molecule has 5 aromatic rings. The lowest BCUT2D eigenvalue weighted by atomic mass is 10.1. The second-order valence-corrected chi connectivity index (χ2v) is 20.3. The smallest absolute Gasteiger partial charge is 0.257 e. The molecule has 0 spiro atoms. The van der Waals surface area contributed by atoms with Gasteiger partial charge in [0.15, 0.2) is 8.07 Å². The van der Waals surface area contributed by atoms with Crippen LogP contribution in [0.5, 0.6) is 0 Å². The van der Waals surface area contributed by atoms with Crippen molar-refractivity contribution in [2.75, 3.05) is 0 Å². The van der Waals surface area contributed by atoms with Gasteiger partial charge >= 0.3 is 0 Å². The van der Waals surface area contributed by atoms with E-state index in [1.165, 1.54) is 59.3 Å². The summed E-state index contributed by atoms with van der Waals surface area (Å²) in [5.74, 6) is 0.365. The van der Waals surface area contributed by atoms with Gasteiger partial charge in [0.25, 0.3) is 8.32 Å². The molecular weight excluding hydrogens is 553 g/mol. The summed E-state index contributed by atoms with van der Waals surface area (Å²) >= 11 is 0. The lowest BCUT2D eigenvalue weighted by molar-refractivity contribution is 0.558. The van der Waals surface area contributed by atoms with E-state index in [-0.39, 0.29) is 5.54 Å². The Morgan fingerprint density at radius 3 is 1.07 bits per heavy atom. The van der Waals surface area contributed by atoms with Gasteiger partial charge in [-0.25, -0.2) is 0 Å². The molecule has 0 radical (unpaired) electrons. The quantitative estimate of drug-likeness (QED) is 0.177. The molecule has 0 aromatic heterocycles. The number of hydrogen-bond acceptors (Lipinski definition) is 1. The summed E-state index contributed by atoms with van der Waals surface area (Å²) in [6.07, 6.45) is 0. The third-order valence-corrected chi connectivity index (χ3v) is 21.1. The molecule has 1 aliphatic rings. The normalized spacial score (nSPS) is 18.5. The molecule has 1 saturated carbocycles. The Morgan fingerprint density at radius 1 is 0.465 bits per heavy atom. The maximum atomic E-state index is 13.9. The maximum absolute atomic E-state index is 13.9. The fraction of sp³-hybridized carbons (Fsp3) is 0.250. The van der Waals surface area contributed by atoms with Gasteiger partial charge in [-0.2, -0.15) is 0 Å². The highest BCUT2D eigenvalue weighted by Crippen LogP contribution is 2.65. The van der Waals surface area contributed by atoms with Crippen LogP contribution in [0.3, 0.4) is 0 Å². The fourth-order valence-corrected chi connectivity index (χ4v) is 22.0. The number of aryl methyl sites for hydroxylation is 6. The summed E-state index contributed by atoms with van der Waals surface area (Å²) in [7, 11) is -5.90. The van der Waals surface area contributed by atoms with Gasteiger partial charge in [-0.1, -0.05) is 133 Å². The molecule has 3 atom stereocenters. The molecule has 0 bridgehead atoms. The van der Waals surface area contributed by atoms with E-state index in [9.17, 15) is 4.80 Å². The van der Waals surface area contributed by atoms with Gasteiger partial charge in [-0.15, -0.1) is 0 Å². The van der Waals surface area contributed by atoms with Gasteiger partial charge in [-0.05, 0) is 107 Å². The van der Waals surface area contributed by atoms with E-state index >= 15 is 0 Å². The van der Waals surface area contributed by atoms with Crippen LogP contribution in [0.25, 0.3) is 0 Å². The van der Waals surface area contributed by atoms with Crippen LogP contribution >= 0.6 is 0 Å². The summed E-state index contributed by atoms with van der Waals surface area (Å²) in [5, 5.41) is 6.74. The van der Waals surface area contributed by atoms with Crippen molar-refractivity contribution >= 4 is 42.3 Å². The molecule has 0 amide bonds. The molecule has 6 rings (SSSR count). The maximum Gasteiger partial charge on any atom is 0.257 e. The Bertz CT molecular complexity index is 1560. The monoisotopic (exact) mass is 596 g/mol. The van der Waals surface area contributed by atoms with Crippen LogP contribution < -0.4 is 25.9 Å². The number of hydrogen-bond donors (Lipinski definition) is 1. The summed E-state index contributed by atoms with van der Waals surface area (Å²) in [6.45, 7) is 15.7. The van der Waals surface area contributed by atoms with Crippen LogP contribution in [0, 0.1) is 47.5 Å². The zero-order valence-electron chi connectivity index (χ0n) is 26.6. The van der Waals surface area contributed by atoms with E-state index in [0.717, 1.165) is 0 Å². The zero-order chi connectivity index (χ0) is 30.5. The first kappa shape index (κ1) is 29.6. The van der Waals surface area contributed by atoms with Crippen LogP contribution in [-0.2, 0) is 0 Å². The van der Waals surface area contributed by atoms with E-state index in [2.05, 4.69) is 164 Å². The first-order chi connectivity index (χ1) is 20.6. The average molecular weight is 597 g/mol. The van der Waals surface area contributed by atoms with Gasteiger partial charge in [0, 0.05) is 0 Å². The molecule has 218 valence electrons. The van der Waals surface area contributed by atoms with Crippen molar-refractivity contribution in [1.82, 2.24) is 0 Å². The highest BCUT2D eigenvalue weighted by molar-refractivity contribution is 7.15. The largest absolute Gasteiger partial charge is 0.424 e. The zero-order valence-corrected chi connectivity index (χ0v) is 28.6. The number of rotatable bonds is 7. The fourth-order valence-electron chi connectivity index (χ4n) is 8.97. The van der Waals surface area contributed by atoms with E-state index in [4.69, 9.17) is 0 Å². The van der Waals surface area contributed by atoms with Gasteiger partial charge in [0.05, 0.1) is 0 Å². The van der Waals surface area contributed by atoms with Crippen molar-refractivity contribution in [3.05, 3.63) is 149 Å². The highest BCUT2D eigenvalue weighted by Gasteiger charge is 2.70. The summed E-state index contributed by atoms with van der Waals surface area (Å²) < 4.78 is 0. The predicted molar refractivity (Wildman–Crippen MR) is 189 cm³/mol. The lowest BCUT2D eigenvalue weighted by Gasteiger charge is -2.38. The molecule has 3 heteroatoms. The lowest BCUT2D eigenvalue weighted by Crippen LogP contribution is -2.69. The van der Waals surface area contributed by atoms with Crippen LogP contribution in [-0.4, -0.2) is 21.2 Å². The minimum Gasteiger partial charge on any atom is -0.424 e. The van der Waals surface area contributed by atoms with Gasteiger partial charge in [0.1, 0.15) is 0 Å². The first-order valence-corrected chi connectivity index (χ1v) is 19.8. The van der Waals surface area contributed by atoms with Crippen molar-refractivity contribution in [3.8, 4) is 0 Å². The molecule has 1 nitrogen and oxygen atoms in total. The SMILES string of the molecule is Cc1cc(C)c([Si](O)(c2c(C)cc(C)cc2C)[C@@H]2[C@@H](C)[C@H]2[Si](c2ccccc2)(c2ccccc2)c2ccccc2)c(C)c1. The summed E-state index contributed by atoms with van der Waals surface area (Å²) in [4.78, 5) is 13.9. The van der Waals surface area contributed by atoms with Crippen molar-refractivity contribution in [2.45, 2.75) is 59.5 Å². The van der Waals surface area contributed by atoms with Crippen molar-refractivity contribution in [3.63, 3.8) is 0 Å². The molecule has 1 fully saturated rings. The van der Waals surface area contributed by atoms with E-state index in [1.54, 1.807) is 0 Å². The van der Waals surface area contributed by atoms with Crippen LogP contribution in [0.15, 0.2) is 115 Å². The van der Waals surface area contributed by atoms with E-state index in [1.807, 2.05) is 0 Å². The minimum absolute atomic E-state index is 0.181. The third kappa shape index (κ3) is 4.70. The summed E-state index contributed by atoms with van der Waals surface area (Å²) in [5.41, 5.74) is 7.97. The van der Waals surface area contributed by atoms with Gasteiger partial charge in [-0.3, -0.25) is 0 Å². The molecule has 5 aromatic carbocycles. The summed E-state index contributed by atoms with van der Waals surface area (Å²) in [6, 6.07) is 43.0. The molecule has 1 N–H and O–H groups in total. The standard InChI is InChI=1S/C40H44OSi2/c1-27-23-29(3)37(30(4)24-27)43(41,38-31(5)25-28(2)26-32(38)6)40-33(7)39(40)42(34-17-11-8-12-18-34,35-19-13-9-14-20-35)36-21-15-10-16-22-36/h8-26,33,39-41H,1-7H3/t33-,39+,40+/m0/s1. The predicted octanol–water partition coefficient (Wildman–Crippen LogP) is 6.15. The highest BCUT2D eigenvalue weighted by atomic mass is 28.4. The van der Waals surface area contributed by atoms with Crippen molar-refractivity contribution < 1.29 is 4.80 Å². The van der Waals surface area contributed by atoms with E-state index in [0.29, 0.717) is 11.5 Å². The van der Waals surface area contributed by atoms with Crippen LogP contribution in [0.2, 0.25) is 11.1 Å². The van der Waals surface area contributed by atoms with Gasteiger partial charge in [0.2, 0.25) is 0 Å². The second kappa shape index (κ2) is 11.2. The second-order valence-electron chi connectivity index (χ2n) is 13.1. The number of benzene rings is 5. The topological polar surface area (TPSA) is 20.2 Å². The average Bonchev–Trinajstić information content (AvgIpc) is 3.65. The Hall–Kier alpha value is -3.51. The minimum atomic E-state index is -3.29. The first-order valence-electron chi connectivity index (χ1n) is 15.7. The van der Waals surface area contributed by atoms with Crippen molar-refractivity contribution in [2.24, 2.45) is 5.92 Å². The van der Waals surface area contributed by atoms with Crippen LogP contribution in [0.1, 0.15) is 40.3 Å². The van der Waals surface area contributed by atoms with E-state index < -0.39 is 16.4 Å². The Kier molecular flexibility index (Phi) is 7.70. The Balaban J connectivity index is 1.70. The Morgan fingerprint density at radius 2 is 0.767 bits per heavy atom. The van der Waals surface area contributed by atoms with Crippen molar-refractivity contribution in [1.29, 1.82) is 0 Å². The Labute approximate surface area is 260 Å². The molecule has 1 aliphatic carbocycles. The molecule has 0 heterocycles. The van der Waals surface area contributed by atoms with Crippen LogP contribution in [0.4, 0.5) is 0 Å². The third-order valence-electron chi connectivity index (χ3n) is 10.2. The molecule has 43 heavy (non-hydrogen) atoms.